The largest absolute Gasteiger partial charge is 0.465 e. The molecule has 0 fully saturated rings. The standard InChI is InChI=1S/C12H20N2O3/c1-4-5-14(11(16)17)10-8(13)6-12(2,3)7-9(10)15/h4-7,13H2,1-3H3,(H,16,17). The van der Waals surface area contributed by atoms with Crippen LogP contribution in [0.15, 0.2) is 11.4 Å². The van der Waals surface area contributed by atoms with E-state index in [9.17, 15) is 9.59 Å². The molecule has 0 saturated heterocycles. The molecule has 5 heteroatoms. The summed E-state index contributed by atoms with van der Waals surface area (Å²) in [5.74, 6) is -0.172. The molecule has 0 aliphatic heterocycles. The molecule has 0 saturated carbocycles. The van der Waals surface area contributed by atoms with Crippen molar-refractivity contribution in [1.29, 1.82) is 0 Å². The smallest absolute Gasteiger partial charge is 0.411 e. The van der Waals surface area contributed by atoms with Crippen LogP contribution in [-0.2, 0) is 4.79 Å². The molecule has 1 aliphatic rings. The summed E-state index contributed by atoms with van der Waals surface area (Å²) in [5, 5.41) is 9.11. The van der Waals surface area contributed by atoms with Crippen molar-refractivity contribution in [2.24, 2.45) is 11.1 Å². The monoisotopic (exact) mass is 240 g/mol. The summed E-state index contributed by atoms with van der Waals surface area (Å²) in [6, 6.07) is 0. The summed E-state index contributed by atoms with van der Waals surface area (Å²) in [6.07, 6.45) is 0.440. The van der Waals surface area contributed by atoms with Crippen molar-refractivity contribution in [2.75, 3.05) is 6.54 Å². The third-order valence-corrected chi connectivity index (χ3v) is 2.82. The quantitative estimate of drug-likeness (QED) is 0.789. The Morgan fingerprint density at radius 2 is 2.06 bits per heavy atom. The van der Waals surface area contributed by atoms with Gasteiger partial charge in [-0.1, -0.05) is 20.8 Å². The van der Waals surface area contributed by atoms with E-state index in [0.29, 0.717) is 31.5 Å². The summed E-state index contributed by atoms with van der Waals surface area (Å²) in [4.78, 5) is 24.2. The number of amides is 1. The molecule has 0 bridgehead atoms. The first-order valence-electron chi connectivity index (χ1n) is 5.81. The Morgan fingerprint density at radius 3 is 2.47 bits per heavy atom. The fourth-order valence-electron chi connectivity index (χ4n) is 2.21. The van der Waals surface area contributed by atoms with Gasteiger partial charge in [-0.3, -0.25) is 9.69 Å². The molecule has 96 valence electrons. The summed E-state index contributed by atoms with van der Waals surface area (Å²) in [6.45, 7) is 6.08. The van der Waals surface area contributed by atoms with Gasteiger partial charge in [-0.25, -0.2) is 4.79 Å². The lowest BCUT2D eigenvalue weighted by molar-refractivity contribution is -0.119. The highest BCUT2D eigenvalue weighted by Crippen LogP contribution is 2.35. The molecule has 0 spiro atoms. The normalized spacial score (nSPS) is 19.4. The minimum atomic E-state index is -1.11. The van der Waals surface area contributed by atoms with E-state index in [1.165, 1.54) is 0 Å². The number of allylic oxidation sites excluding steroid dienone is 2. The molecule has 1 amide bonds. The van der Waals surface area contributed by atoms with Gasteiger partial charge in [0.2, 0.25) is 0 Å². The van der Waals surface area contributed by atoms with Gasteiger partial charge in [-0.05, 0) is 18.3 Å². The molecule has 0 aromatic carbocycles. The number of Topliss-reactive ketones (excluding diaryl/α,β-unsaturated/α-hetero) is 1. The third kappa shape index (κ3) is 2.99. The minimum absolute atomic E-state index is 0.172. The van der Waals surface area contributed by atoms with Gasteiger partial charge in [0.25, 0.3) is 0 Å². The maximum absolute atomic E-state index is 12.0. The average molecular weight is 240 g/mol. The van der Waals surface area contributed by atoms with Crippen LogP contribution in [-0.4, -0.2) is 28.4 Å². The molecule has 0 heterocycles. The topological polar surface area (TPSA) is 83.6 Å². The zero-order chi connectivity index (χ0) is 13.2. The van der Waals surface area contributed by atoms with E-state index in [0.717, 1.165) is 4.90 Å². The Bertz CT molecular complexity index is 372. The Morgan fingerprint density at radius 1 is 1.47 bits per heavy atom. The van der Waals surface area contributed by atoms with Crippen molar-refractivity contribution >= 4 is 11.9 Å². The van der Waals surface area contributed by atoms with Gasteiger partial charge in [-0.15, -0.1) is 0 Å². The number of carbonyl (C=O) groups is 2. The molecule has 1 aliphatic carbocycles. The summed E-state index contributed by atoms with van der Waals surface area (Å²) >= 11 is 0. The molecule has 5 nitrogen and oxygen atoms in total. The number of carboxylic acid groups (broad SMARTS) is 1. The molecule has 0 radical (unpaired) electrons. The first-order chi connectivity index (χ1) is 7.78. The van der Waals surface area contributed by atoms with Crippen LogP contribution in [0.1, 0.15) is 40.0 Å². The highest BCUT2D eigenvalue weighted by atomic mass is 16.4. The number of ketones is 1. The Hall–Kier alpha value is -1.52. The number of rotatable bonds is 3. The maximum Gasteiger partial charge on any atom is 0.411 e. The first kappa shape index (κ1) is 13.5. The van der Waals surface area contributed by atoms with E-state index in [-0.39, 0.29) is 16.9 Å². The van der Waals surface area contributed by atoms with Crippen LogP contribution in [0.4, 0.5) is 4.79 Å². The van der Waals surface area contributed by atoms with Gasteiger partial charge < -0.3 is 10.8 Å². The van der Waals surface area contributed by atoms with Crippen LogP contribution >= 0.6 is 0 Å². The minimum Gasteiger partial charge on any atom is -0.465 e. The van der Waals surface area contributed by atoms with E-state index in [2.05, 4.69) is 0 Å². The molecule has 0 aromatic rings. The van der Waals surface area contributed by atoms with Crippen LogP contribution in [0, 0.1) is 5.41 Å². The van der Waals surface area contributed by atoms with E-state index in [1.54, 1.807) is 0 Å². The SMILES string of the molecule is CCCN(C(=O)O)C1=C(N)CC(C)(C)CC1=O. The molecule has 1 rings (SSSR count). The van der Waals surface area contributed by atoms with E-state index >= 15 is 0 Å². The Kier molecular flexibility index (Phi) is 3.80. The van der Waals surface area contributed by atoms with Crippen molar-refractivity contribution in [2.45, 2.75) is 40.0 Å². The molecule has 0 unspecified atom stereocenters. The van der Waals surface area contributed by atoms with Crippen LogP contribution < -0.4 is 5.73 Å². The van der Waals surface area contributed by atoms with Gasteiger partial charge in [-0.2, -0.15) is 0 Å². The first-order valence-corrected chi connectivity index (χ1v) is 5.81. The second-order valence-corrected chi connectivity index (χ2v) is 5.25. The predicted molar refractivity (Wildman–Crippen MR) is 64.3 cm³/mol. The predicted octanol–water partition coefficient (Wildman–Crippen LogP) is 1.94. The van der Waals surface area contributed by atoms with Crippen molar-refractivity contribution < 1.29 is 14.7 Å². The zero-order valence-electron chi connectivity index (χ0n) is 10.6. The number of carbonyl (C=O) groups excluding carboxylic acids is 1. The van der Waals surface area contributed by atoms with E-state index in [1.807, 2.05) is 20.8 Å². The van der Waals surface area contributed by atoms with Crippen LogP contribution in [0.25, 0.3) is 0 Å². The lowest BCUT2D eigenvalue weighted by Gasteiger charge is -2.33. The van der Waals surface area contributed by atoms with Crippen LogP contribution in [0.5, 0.6) is 0 Å². The van der Waals surface area contributed by atoms with Crippen LogP contribution in [0.3, 0.4) is 0 Å². The summed E-state index contributed by atoms with van der Waals surface area (Å²) in [7, 11) is 0. The van der Waals surface area contributed by atoms with Crippen molar-refractivity contribution in [1.82, 2.24) is 4.90 Å². The molecule has 17 heavy (non-hydrogen) atoms. The number of hydrogen-bond acceptors (Lipinski definition) is 3. The fraction of sp³-hybridized carbons (Fsp3) is 0.667. The van der Waals surface area contributed by atoms with E-state index < -0.39 is 6.09 Å². The van der Waals surface area contributed by atoms with Crippen LogP contribution in [0.2, 0.25) is 0 Å². The van der Waals surface area contributed by atoms with Crippen molar-refractivity contribution in [3.63, 3.8) is 0 Å². The van der Waals surface area contributed by atoms with Crippen molar-refractivity contribution in [3.8, 4) is 0 Å². The Balaban J connectivity index is 3.09. The molecular formula is C12H20N2O3. The Labute approximate surface area is 101 Å². The molecule has 0 atom stereocenters. The van der Waals surface area contributed by atoms with Crippen molar-refractivity contribution in [3.05, 3.63) is 11.4 Å². The van der Waals surface area contributed by atoms with Gasteiger partial charge in [0, 0.05) is 18.7 Å². The van der Waals surface area contributed by atoms with Gasteiger partial charge >= 0.3 is 6.09 Å². The molecular weight excluding hydrogens is 220 g/mol. The summed E-state index contributed by atoms with van der Waals surface area (Å²) < 4.78 is 0. The highest BCUT2D eigenvalue weighted by molar-refractivity contribution is 5.99. The lowest BCUT2D eigenvalue weighted by Crippen LogP contribution is -2.40. The van der Waals surface area contributed by atoms with Gasteiger partial charge in [0.05, 0.1) is 0 Å². The number of hydrogen-bond donors (Lipinski definition) is 2. The average Bonchev–Trinajstić information content (AvgIpc) is 2.12. The third-order valence-electron chi connectivity index (χ3n) is 2.82. The summed E-state index contributed by atoms with van der Waals surface area (Å²) in [5.41, 5.74) is 6.26. The van der Waals surface area contributed by atoms with Gasteiger partial charge in [0.1, 0.15) is 5.70 Å². The fourth-order valence-corrected chi connectivity index (χ4v) is 2.21. The second kappa shape index (κ2) is 4.77. The molecule has 3 N–H and O–H groups in total. The number of nitrogens with two attached hydrogens (primary N) is 1. The number of nitrogens with zero attached hydrogens (tertiary/aromatic N) is 1. The van der Waals surface area contributed by atoms with E-state index in [4.69, 9.17) is 10.8 Å². The lowest BCUT2D eigenvalue weighted by atomic mass is 9.77. The molecule has 0 aromatic heterocycles. The highest BCUT2D eigenvalue weighted by Gasteiger charge is 2.35. The zero-order valence-corrected chi connectivity index (χ0v) is 10.6. The maximum atomic E-state index is 12.0. The second-order valence-electron chi connectivity index (χ2n) is 5.25. The van der Waals surface area contributed by atoms with Gasteiger partial charge in [0.15, 0.2) is 5.78 Å².